The van der Waals surface area contributed by atoms with E-state index in [1.165, 1.54) is 30.3 Å². The number of nitrogens with one attached hydrogen (secondary N) is 1. The zero-order valence-corrected chi connectivity index (χ0v) is 13.2. The first kappa shape index (κ1) is 15.4. The predicted molar refractivity (Wildman–Crippen MR) is 86.8 cm³/mol. The van der Waals surface area contributed by atoms with Gasteiger partial charge in [-0.2, -0.15) is 0 Å². The van der Waals surface area contributed by atoms with Crippen LogP contribution in [0, 0.1) is 10.1 Å². The monoisotopic (exact) mass is 352 g/mol. The van der Waals surface area contributed by atoms with Crippen molar-refractivity contribution in [3.63, 3.8) is 0 Å². The number of non-ortho nitro benzene ring substituents is 1. The number of sulfone groups is 1. The number of halogens is 1. The maximum absolute atomic E-state index is 12.6. The molecule has 7 nitrogen and oxygen atoms in total. The van der Waals surface area contributed by atoms with E-state index < -0.39 is 20.2 Å². The van der Waals surface area contributed by atoms with E-state index in [1.54, 1.807) is 0 Å². The Morgan fingerprint density at radius 3 is 2.52 bits per heavy atom. The summed E-state index contributed by atoms with van der Waals surface area (Å²) in [5.74, 6) is 0. The molecule has 2 aromatic carbocycles. The van der Waals surface area contributed by atoms with E-state index in [-0.39, 0.29) is 31.9 Å². The molecule has 0 atom stereocenters. The third-order valence-electron chi connectivity index (χ3n) is 3.48. The second-order valence-corrected chi connectivity index (χ2v) is 7.43. The summed E-state index contributed by atoms with van der Waals surface area (Å²) in [5, 5.41) is 11.2. The van der Waals surface area contributed by atoms with Crippen molar-refractivity contribution >= 4 is 48.9 Å². The van der Waals surface area contributed by atoms with Crippen molar-refractivity contribution < 1.29 is 13.3 Å². The third kappa shape index (κ3) is 2.45. The van der Waals surface area contributed by atoms with Crippen LogP contribution in [0.5, 0.6) is 0 Å². The Morgan fingerprint density at radius 2 is 1.91 bits per heavy atom. The summed E-state index contributed by atoms with van der Waals surface area (Å²) in [6.45, 7) is 0. The number of aromatic amines is 1. The Hall–Kier alpha value is -2.45. The molecule has 0 radical (unpaired) electrons. The average Bonchev–Trinajstić information content (AvgIpc) is 2.45. The van der Waals surface area contributed by atoms with Crippen LogP contribution >= 0.6 is 11.6 Å². The predicted octanol–water partition coefficient (Wildman–Crippen LogP) is 2.65. The van der Waals surface area contributed by atoms with Crippen molar-refractivity contribution in [1.29, 1.82) is 0 Å². The van der Waals surface area contributed by atoms with Gasteiger partial charge in [0.2, 0.25) is 0 Å². The highest BCUT2D eigenvalue weighted by molar-refractivity contribution is 7.90. The summed E-state index contributed by atoms with van der Waals surface area (Å²) >= 11 is 6.01. The summed E-state index contributed by atoms with van der Waals surface area (Å²) < 4.78 is 23.3. The summed E-state index contributed by atoms with van der Waals surface area (Å²) in [5.41, 5.74) is -0.545. The summed E-state index contributed by atoms with van der Waals surface area (Å²) in [4.78, 5) is 25.9. The van der Waals surface area contributed by atoms with Crippen molar-refractivity contribution in [2.45, 2.75) is 4.90 Å². The lowest BCUT2D eigenvalue weighted by molar-refractivity contribution is -0.383. The van der Waals surface area contributed by atoms with Gasteiger partial charge in [-0.1, -0.05) is 11.6 Å². The van der Waals surface area contributed by atoms with Crippen molar-refractivity contribution in [3.05, 3.63) is 55.7 Å². The van der Waals surface area contributed by atoms with Crippen molar-refractivity contribution in [1.82, 2.24) is 4.98 Å². The van der Waals surface area contributed by atoms with E-state index in [9.17, 15) is 23.3 Å². The van der Waals surface area contributed by atoms with Crippen LogP contribution in [0.4, 0.5) is 5.69 Å². The van der Waals surface area contributed by atoms with Crippen LogP contribution in [0.25, 0.3) is 21.8 Å². The van der Waals surface area contributed by atoms with Crippen LogP contribution in [-0.2, 0) is 9.84 Å². The summed E-state index contributed by atoms with van der Waals surface area (Å²) in [6, 6.07) is 6.44. The fourth-order valence-corrected chi connectivity index (χ4v) is 3.28. The Bertz CT molecular complexity index is 1150. The van der Waals surface area contributed by atoms with E-state index in [4.69, 9.17) is 11.6 Å². The van der Waals surface area contributed by atoms with E-state index in [0.717, 1.165) is 6.26 Å². The van der Waals surface area contributed by atoms with E-state index in [2.05, 4.69) is 4.98 Å². The summed E-state index contributed by atoms with van der Waals surface area (Å²) in [6.07, 6.45) is 1.03. The Balaban J connectivity index is 2.55. The van der Waals surface area contributed by atoms with E-state index in [0.29, 0.717) is 5.52 Å². The quantitative estimate of drug-likeness (QED) is 0.433. The number of nitro benzene ring substituents is 1. The van der Waals surface area contributed by atoms with Gasteiger partial charge in [-0.05, 0) is 24.3 Å². The molecule has 9 heteroatoms. The molecule has 0 saturated carbocycles. The minimum atomic E-state index is -3.49. The van der Waals surface area contributed by atoms with Gasteiger partial charge in [-0.3, -0.25) is 14.9 Å². The first-order valence-electron chi connectivity index (χ1n) is 6.33. The van der Waals surface area contributed by atoms with Crippen molar-refractivity contribution in [2.75, 3.05) is 6.26 Å². The second-order valence-electron chi connectivity index (χ2n) is 5.01. The lowest BCUT2D eigenvalue weighted by atomic mass is 10.1. The molecular weight excluding hydrogens is 344 g/mol. The lowest BCUT2D eigenvalue weighted by Gasteiger charge is -2.06. The number of nitrogens with zero attached hydrogens (tertiary/aromatic N) is 1. The molecule has 0 spiro atoms. The highest BCUT2D eigenvalue weighted by Crippen LogP contribution is 2.29. The highest BCUT2D eigenvalue weighted by Gasteiger charge is 2.19. The van der Waals surface area contributed by atoms with E-state index >= 15 is 0 Å². The first-order chi connectivity index (χ1) is 10.7. The van der Waals surface area contributed by atoms with Gasteiger partial charge in [-0.15, -0.1) is 0 Å². The van der Waals surface area contributed by atoms with Gasteiger partial charge < -0.3 is 4.98 Å². The highest BCUT2D eigenvalue weighted by atomic mass is 35.5. The zero-order chi connectivity index (χ0) is 16.9. The number of H-pyrrole nitrogens is 1. The number of benzene rings is 2. The molecule has 0 saturated heterocycles. The van der Waals surface area contributed by atoms with Gasteiger partial charge in [0.05, 0.1) is 25.7 Å². The van der Waals surface area contributed by atoms with Gasteiger partial charge in [-0.25, -0.2) is 8.42 Å². The van der Waals surface area contributed by atoms with Gasteiger partial charge >= 0.3 is 0 Å². The zero-order valence-electron chi connectivity index (χ0n) is 11.7. The average molecular weight is 353 g/mol. The maximum atomic E-state index is 12.6. The van der Waals surface area contributed by atoms with Crippen LogP contribution in [-0.4, -0.2) is 24.6 Å². The lowest BCUT2D eigenvalue weighted by Crippen LogP contribution is -2.08. The molecule has 1 aromatic heterocycles. The van der Waals surface area contributed by atoms with Crippen LogP contribution in [0.15, 0.2) is 40.0 Å². The topological polar surface area (TPSA) is 110 Å². The smallest absolute Gasteiger partial charge is 0.293 e. The molecule has 0 aliphatic rings. The Kier molecular flexibility index (Phi) is 3.38. The van der Waals surface area contributed by atoms with Gasteiger partial charge in [0.15, 0.2) is 15.3 Å². The molecule has 0 aliphatic heterocycles. The SMILES string of the molecule is CS(=O)(=O)c1ccc2[nH]c3c([N+](=O)[O-])ccc(Cl)c3c(=O)c2c1. The second kappa shape index (κ2) is 5.04. The number of fused-ring (bicyclic) bond motifs is 2. The number of hydrogen-bond acceptors (Lipinski definition) is 5. The normalized spacial score (nSPS) is 11.9. The fourth-order valence-electron chi connectivity index (χ4n) is 2.39. The molecule has 1 heterocycles. The first-order valence-corrected chi connectivity index (χ1v) is 8.60. The maximum Gasteiger partial charge on any atom is 0.293 e. The molecule has 23 heavy (non-hydrogen) atoms. The fraction of sp³-hybridized carbons (Fsp3) is 0.0714. The van der Waals surface area contributed by atoms with Crippen LogP contribution in [0.3, 0.4) is 0 Å². The van der Waals surface area contributed by atoms with Crippen LogP contribution in [0.1, 0.15) is 0 Å². The Morgan fingerprint density at radius 1 is 1.22 bits per heavy atom. The van der Waals surface area contributed by atoms with Gasteiger partial charge in [0.25, 0.3) is 5.69 Å². The summed E-state index contributed by atoms with van der Waals surface area (Å²) in [7, 11) is -3.49. The van der Waals surface area contributed by atoms with Crippen molar-refractivity contribution in [2.24, 2.45) is 0 Å². The Labute approximate surface area is 134 Å². The van der Waals surface area contributed by atoms with Gasteiger partial charge in [0.1, 0.15) is 5.52 Å². The minimum Gasteiger partial charge on any atom is -0.349 e. The molecule has 3 aromatic rings. The van der Waals surface area contributed by atoms with Crippen LogP contribution in [0.2, 0.25) is 5.02 Å². The molecule has 3 rings (SSSR count). The molecule has 0 fully saturated rings. The molecule has 0 bridgehead atoms. The largest absolute Gasteiger partial charge is 0.349 e. The molecule has 0 amide bonds. The third-order valence-corrected chi connectivity index (χ3v) is 4.90. The molecule has 0 aliphatic carbocycles. The molecule has 1 N–H and O–H groups in total. The minimum absolute atomic E-state index is 0.00658. The molecular formula is C14H9ClN2O5S. The van der Waals surface area contributed by atoms with Crippen LogP contribution < -0.4 is 5.43 Å². The van der Waals surface area contributed by atoms with E-state index in [1.807, 2.05) is 0 Å². The number of pyridine rings is 1. The number of aromatic nitrogens is 1. The number of rotatable bonds is 2. The molecule has 0 unspecified atom stereocenters. The standard InChI is InChI=1S/C14H9ClN2O5S/c1-23(21,22)7-2-4-10-8(6-7)14(18)12-9(15)3-5-11(17(19)20)13(12)16-10/h2-6H,1H3,(H,16,18). The number of hydrogen-bond donors (Lipinski definition) is 1. The van der Waals surface area contributed by atoms with Gasteiger partial charge in [0, 0.05) is 17.7 Å². The molecule has 118 valence electrons. The van der Waals surface area contributed by atoms with Crippen molar-refractivity contribution in [3.8, 4) is 0 Å². The number of nitro groups is 1.